The fourth-order valence-electron chi connectivity index (χ4n) is 3.08. The molecule has 0 fully saturated rings. The average Bonchev–Trinajstić information content (AvgIpc) is 2.69. The van der Waals surface area contributed by atoms with E-state index in [1.165, 1.54) is 22.3 Å². The molecule has 138 valence electrons. The molecule has 1 amide bonds. The minimum Gasteiger partial charge on any atom is -0.325 e. The SMILES string of the molecule is Cc1ccc(NC(=O)CN[C@H](Cc2ccccc2)c2ccccc2)cc1C. The highest BCUT2D eigenvalue weighted by atomic mass is 16.1. The molecule has 0 aromatic heterocycles. The molecule has 0 aliphatic rings. The summed E-state index contributed by atoms with van der Waals surface area (Å²) in [5.74, 6) is -0.0350. The molecule has 3 aromatic carbocycles. The van der Waals surface area contributed by atoms with Crippen molar-refractivity contribution < 1.29 is 4.79 Å². The van der Waals surface area contributed by atoms with Crippen molar-refractivity contribution in [1.82, 2.24) is 5.32 Å². The van der Waals surface area contributed by atoms with Gasteiger partial charge in [-0.2, -0.15) is 0 Å². The number of hydrogen-bond acceptors (Lipinski definition) is 2. The van der Waals surface area contributed by atoms with Crippen LogP contribution in [-0.4, -0.2) is 12.5 Å². The van der Waals surface area contributed by atoms with Gasteiger partial charge in [0.25, 0.3) is 0 Å². The van der Waals surface area contributed by atoms with Crippen molar-refractivity contribution >= 4 is 11.6 Å². The molecule has 0 bridgehead atoms. The minimum atomic E-state index is -0.0350. The van der Waals surface area contributed by atoms with Gasteiger partial charge in [0.2, 0.25) is 5.91 Å². The van der Waals surface area contributed by atoms with Gasteiger partial charge in [-0.3, -0.25) is 4.79 Å². The Labute approximate surface area is 161 Å². The molecule has 0 aliphatic carbocycles. The van der Waals surface area contributed by atoms with E-state index >= 15 is 0 Å². The molecule has 3 nitrogen and oxygen atoms in total. The molecular formula is C24H26N2O. The minimum absolute atomic E-state index is 0.0350. The predicted molar refractivity (Wildman–Crippen MR) is 112 cm³/mol. The van der Waals surface area contributed by atoms with E-state index in [0.29, 0.717) is 0 Å². The van der Waals surface area contributed by atoms with E-state index in [1.807, 2.05) is 54.6 Å². The van der Waals surface area contributed by atoms with Crippen molar-refractivity contribution in [2.45, 2.75) is 26.3 Å². The lowest BCUT2D eigenvalue weighted by Crippen LogP contribution is -2.32. The van der Waals surface area contributed by atoms with Crippen LogP contribution in [0, 0.1) is 13.8 Å². The summed E-state index contributed by atoms with van der Waals surface area (Å²) in [6, 6.07) is 26.7. The monoisotopic (exact) mass is 358 g/mol. The molecule has 27 heavy (non-hydrogen) atoms. The number of hydrogen-bond donors (Lipinski definition) is 2. The molecule has 3 aromatic rings. The molecule has 3 heteroatoms. The van der Waals surface area contributed by atoms with Gasteiger partial charge >= 0.3 is 0 Å². The maximum atomic E-state index is 12.4. The van der Waals surface area contributed by atoms with E-state index in [4.69, 9.17) is 0 Å². The van der Waals surface area contributed by atoms with E-state index < -0.39 is 0 Å². The Balaban J connectivity index is 1.65. The second-order valence-electron chi connectivity index (χ2n) is 6.88. The molecule has 0 aliphatic heterocycles. The van der Waals surface area contributed by atoms with Gasteiger partial charge in [-0.15, -0.1) is 0 Å². The molecule has 0 radical (unpaired) electrons. The van der Waals surface area contributed by atoms with E-state index in [0.717, 1.165) is 12.1 Å². The van der Waals surface area contributed by atoms with E-state index in [1.54, 1.807) is 0 Å². The first-order valence-corrected chi connectivity index (χ1v) is 9.31. The quantitative estimate of drug-likeness (QED) is 0.636. The highest BCUT2D eigenvalue weighted by Gasteiger charge is 2.13. The number of benzene rings is 3. The zero-order chi connectivity index (χ0) is 19.1. The summed E-state index contributed by atoms with van der Waals surface area (Å²) >= 11 is 0. The van der Waals surface area contributed by atoms with Gasteiger partial charge in [0, 0.05) is 11.7 Å². The van der Waals surface area contributed by atoms with Crippen molar-refractivity contribution in [1.29, 1.82) is 0 Å². The number of anilines is 1. The standard InChI is InChI=1S/C24H26N2O/c1-18-13-14-22(15-19(18)2)26-24(27)17-25-23(21-11-7-4-8-12-21)16-20-9-5-3-6-10-20/h3-15,23,25H,16-17H2,1-2H3,(H,26,27)/t23-/m1/s1. The first kappa shape index (κ1) is 18.9. The summed E-state index contributed by atoms with van der Waals surface area (Å²) in [5.41, 5.74) is 5.66. The molecule has 0 saturated carbocycles. The summed E-state index contributed by atoms with van der Waals surface area (Å²) in [6.45, 7) is 4.38. The third-order valence-electron chi connectivity index (χ3n) is 4.78. The zero-order valence-corrected chi connectivity index (χ0v) is 15.9. The number of carbonyl (C=O) groups excluding carboxylic acids is 1. The van der Waals surface area contributed by atoms with Crippen LogP contribution in [0.4, 0.5) is 5.69 Å². The Morgan fingerprint density at radius 2 is 1.52 bits per heavy atom. The van der Waals surface area contributed by atoms with Crippen LogP contribution in [-0.2, 0) is 11.2 Å². The molecule has 0 heterocycles. The molecule has 3 rings (SSSR count). The predicted octanol–water partition coefficient (Wildman–Crippen LogP) is 4.82. The zero-order valence-electron chi connectivity index (χ0n) is 15.9. The second-order valence-corrected chi connectivity index (χ2v) is 6.88. The molecule has 0 unspecified atom stereocenters. The average molecular weight is 358 g/mol. The number of aryl methyl sites for hydroxylation is 2. The third kappa shape index (κ3) is 5.53. The van der Waals surface area contributed by atoms with Crippen LogP contribution in [0.1, 0.15) is 28.3 Å². The first-order valence-electron chi connectivity index (χ1n) is 9.31. The van der Waals surface area contributed by atoms with Gasteiger partial charge in [-0.25, -0.2) is 0 Å². The lowest BCUT2D eigenvalue weighted by molar-refractivity contribution is -0.115. The van der Waals surface area contributed by atoms with Crippen molar-refractivity contribution in [3.05, 3.63) is 101 Å². The second kappa shape index (κ2) is 9.15. The Bertz CT molecular complexity index is 875. The number of amides is 1. The summed E-state index contributed by atoms with van der Waals surface area (Å²) < 4.78 is 0. The van der Waals surface area contributed by atoms with Gasteiger partial charge in [-0.1, -0.05) is 66.7 Å². The van der Waals surface area contributed by atoms with Gasteiger partial charge in [0.1, 0.15) is 0 Å². The molecule has 0 spiro atoms. The normalized spacial score (nSPS) is 11.8. The summed E-state index contributed by atoms with van der Waals surface area (Å²) in [5, 5.41) is 6.40. The lowest BCUT2D eigenvalue weighted by Gasteiger charge is -2.19. The van der Waals surface area contributed by atoms with E-state index in [2.05, 4.69) is 48.7 Å². The highest BCUT2D eigenvalue weighted by molar-refractivity contribution is 5.92. The molecular weight excluding hydrogens is 332 g/mol. The van der Waals surface area contributed by atoms with Crippen molar-refractivity contribution in [3.63, 3.8) is 0 Å². The Hall–Kier alpha value is -2.91. The van der Waals surface area contributed by atoms with Crippen LogP contribution in [0.15, 0.2) is 78.9 Å². The first-order chi connectivity index (χ1) is 13.1. The van der Waals surface area contributed by atoms with Crippen molar-refractivity contribution in [3.8, 4) is 0 Å². The van der Waals surface area contributed by atoms with Crippen LogP contribution in [0.2, 0.25) is 0 Å². The smallest absolute Gasteiger partial charge is 0.238 e. The van der Waals surface area contributed by atoms with Gasteiger partial charge in [-0.05, 0) is 54.7 Å². The molecule has 2 N–H and O–H groups in total. The van der Waals surface area contributed by atoms with Crippen molar-refractivity contribution in [2.24, 2.45) is 0 Å². The topological polar surface area (TPSA) is 41.1 Å². The fraction of sp³-hybridized carbons (Fsp3) is 0.208. The highest BCUT2D eigenvalue weighted by Crippen LogP contribution is 2.18. The molecule has 1 atom stereocenters. The summed E-state index contributed by atoms with van der Waals surface area (Å²) in [6.07, 6.45) is 0.835. The number of nitrogens with one attached hydrogen (secondary N) is 2. The van der Waals surface area contributed by atoms with Crippen molar-refractivity contribution in [2.75, 3.05) is 11.9 Å². The Morgan fingerprint density at radius 1 is 0.852 bits per heavy atom. The van der Waals surface area contributed by atoms with Crippen LogP contribution < -0.4 is 10.6 Å². The van der Waals surface area contributed by atoms with Crippen LogP contribution in [0.3, 0.4) is 0 Å². The van der Waals surface area contributed by atoms with Gasteiger partial charge in [0.15, 0.2) is 0 Å². The summed E-state index contributed by atoms with van der Waals surface area (Å²) in [4.78, 5) is 12.4. The molecule has 0 saturated heterocycles. The number of rotatable bonds is 7. The Morgan fingerprint density at radius 3 is 2.19 bits per heavy atom. The van der Waals surface area contributed by atoms with E-state index in [9.17, 15) is 4.79 Å². The Kier molecular flexibility index (Phi) is 6.39. The van der Waals surface area contributed by atoms with E-state index in [-0.39, 0.29) is 18.5 Å². The maximum absolute atomic E-state index is 12.4. The lowest BCUT2D eigenvalue weighted by atomic mass is 9.99. The van der Waals surface area contributed by atoms with Crippen LogP contribution in [0.5, 0.6) is 0 Å². The van der Waals surface area contributed by atoms with Gasteiger partial charge < -0.3 is 10.6 Å². The maximum Gasteiger partial charge on any atom is 0.238 e. The summed E-state index contributed by atoms with van der Waals surface area (Å²) in [7, 11) is 0. The van der Waals surface area contributed by atoms with Crippen LogP contribution in [0.25, 0.3) is 0 Å². The van der Waals surface area contributed by atoms with Gasteiger partial charge in [0.05, 0.1) is 6.54 Å². The largest absolute Gasteiger partial charge is 0.325 e. The number of carbonyl (C=O) groups is 1. The van der Waals surface area contributed by atoms with Crippen LogP contribution >= 0.6 is 0 Å². The fourth-order valence-corrected chi connectivity index (χ4v) is 3.08. The third-order valence-corrected chi connectivity index (χ3v) is 4.78.